The highest BCUT2D eigenvalue weighted by Gasteiger charge is 2.15. The van der Waals surface area contributed by atoms with Crippen LogP contribution in [0.2, 0.25) is 0 Å². The van der Waals surface area contributed by atoms with Crippen LogP contribution >= 0.6 is 67.8 Å². The van der Waals surface area contributed by atoms with E-state index in [4.69, 9.17) is 0 Å². The van der Waals surface area contributed by atoms with Crippen molar-refractivity contribution in [3.8, 4) is 17.0 Å². The normalized spacial score (nSPS) is 11.6. The van der Waals surface area contributed by atoms with Gasteiger partial charge in [0, 0.05) is 22.7 Å². The molecule has 0 aliphatic rings. The summed E-state index contributed by atoms with van der Waals surface area (Å²) < 4.78 is -0.0481. The predicted octanol–water partition coefficient (Wildman–Crippen LogP) is 5.94. The van der Waals surface area contributed by atoms with Crippen molar-refractivity contribution in [2.24, 2.45) is 0 Å². The number of pyridine rings is 1. The average molecular weight is 628 g/mol. The van der Waals surface area contributed by atoms with Crippen molar-refractivity contribution in [1.29, 1.82) is 0 Å². The van der Waals surface area contributed by atoms with Crippen LogP contribution in [-0.4, -0.2) is 9.65 Å². The maximum atomic E-state index is 9.59. The number of anilines is 1. The first-order chi connectivity index (χ1) is 10.4. The van der Waals surface area contributed by atoms with Crippen LogP contribution in [-0.2, 0) is 0 Å². The van der Waals surface area contributed by atoms with E-state index in [1.165, 1.54) is 0 Å². The summed E-state index contributed by atoms with van der Waals surface area (Å²) in [7, 11) is 0. The lowest BCUT2D eigenvalue weighted by atomic mass is 10.1. The Morgan fingerprint density at radius 2 is 1.59 bits per heavy atom. The molecule has 0 saturated heterocycles. The molecule has 1 heterocycles. The zero-order chi connectivity index (χ0) is 15.7. The number of hydrogen-bond donors (Lipinski definition) is 2. The number of benzene rings is 2. The molecule has 0 atom stereocenters. The molecule has 1 aromatic heterocycles. The van der Waals surface area contributed by atoms with Crippen LogP contribution in [0.5, 0.6) is 5.75 Å². The molecule has 2 N–H and O–H groups in total. The highest BCUT2D eigenvalue weighted by molar-refractivity contribution is 14.3. The van der Waals surface area contributed by atoms with Gasteiger partial charge >= 0.3 is 0 Å². The number of hydrogen-bond acceptors (Lipinski definition) is 3. The third kappa shape index (κ3) is 4.13. The van der Waals surface area contributed by atoms with E-state index in [1.807, 2.05) is 18.2 Å². The molecule has 0 aliphatic heterocycles. The topological polar surface area (TPSA) is 45.1 Å². The Bertz CT molecular complexity index is 814. The van der Waals surface area contributed by atoms with E-state index in [-0.39, 0.29) is 5.31 Å². The molecule has 0 aliphatic carbocycles. The lowest BCUT2D eigenvalue weighted by molar-refractivity contribution is 0.476. The smallest absolute Gasteiger partial charge is 0.192 e. The van der Waals surface area contributed by atoms with Crippen molar-refractivity contribution in [2.45, 2.75) is -0.441 Å². The minimum Gasteiger partial charge on any atom is -0.508 e. The largest absolute Gasteiger partial charge is 0.508 e. The molecule has 112 valence electrons. The van der Waals surface area contributed by atoms with Gasteiger partial charge in [-0.2, -0.15) is 0 Å². The minimum absolute atomic E-state index is 0.0481. The summed E-state index contributed by atoms with van der Waals surface area (Å²) in [5, 5.41) is 14.0. The fourth-order valence-corrected chi connectivity index (χ4v) is 3.09. The van der Waals surface area contributed by atoms with E-state index in [0.717, 1.165) is 27.8 Å². The molecule has 0 unspecified atom stereocenters. The molecule has 0 amide bonds. The number of phenols is 1. The van der Waals surface area contributed by atoms with Gasteiger partial charge in [-0.3, -0.25) is 0 Å². The molecule has 3 rings (SSSR count). The van der Waals surface area contributed by atoms with E-state index >= 15 is 0 Å². The van der Waals surface area contributed by atoms with E-state index < -0.39 is 0 Å². The number of halogens is 3. The molecular formula is C16H11I3N2O. The number of rotatable bonds is 3. The Kier molecular flexibility index (Phi) is 4.98. The van der Waals surface area contributed by atoms with E-state index in [0.29, 0.717) is 0 Å². The predicted molar refractivity (Wildman–Crippen MR) is 117 cm³/mol. The summed E-state index contributed by atoms with van der Waals surface area (Å²) >= 11 is 7.02. The fraction of sp³-hybridized carbons (Fsp3) is 0.0625. The molecule has 0 radical (unpaired) electrons. The summed E-state index contributed by atoms with van der Waals surface area (Å²) in [5.41, 5.74) is 3.82. The Balaban J connectivity index is 1.93. The van der Waals surface area contributed by atoms with Crippen molar-refractivity contribution in [3.63, 3.8) is 0 Å². The molecule has 3 nitrogen and oxygen atoms in total. The summed E-state index contributed by atoms with van der Waals surface area (Å²) in [6.07, 6.45) is 0. The number of nitrogens with one attached hydrogen (secondary N) is 1. The van der Waals surface area contributed by atoms with Crippen molar-refractivity contribution >= 4 is 84.4 Å². The van der Waals surface area contributed by atoms with Gasteiger partial charge in [0.2, 0.25) is 0 Å². The number of phenolic OH excluding ortho intramolecular Hbond substituents is 1. The molecule has 2 aromatic carbocycles. The van der Waals surface area contributed by atoms with E-state index in [1.54, 1.807) is 12.1 Å². The summed E-state index contributed by atoms with van der Waals surface area (Å²) in [6, 6.07) is 17.5. The SMILES string of the molecule is Oc1ccc2ccc(-c3ccc(NC(I)(I)I)cc3)nc2c1. The van der Waals surface area contributed by atoms with Crippen LogP contribution in [0.25, 0.3) is 22.2 Å². The third-order valence-electron chi connectivity index (χ3n) is 3.14. The Labute approximate surface area is 169 Å². The van der Waals surface area contributed by atoms with Gasteiger partial charge < -0.3 is 10.4 Å². The van der Waals surface area contributed by atoms with E-state index in [9.17, 15) is 5.11 Å². The molecule has 22 heavy (non-hydrogen) atoms. The standard InChI is InChI=1S/C16H11I3N2O/c17-16(18,19)21-12-5-1-10(2-6-12)14-8-4-11-3-7-13(22)9-15(11)20-14/h1-9,21-22H. The fourth-order valence-electron chi connectivity index (χ4n) is 2.15. The van der Waals surface area contributed by atoms with Gasteiger partial charge in [0.15, 0.2) is -0.441 Å². The zero-order valence-corrected chi connectivity index (χ0v) is 17.7. The average Bonchev–Trinajstić information content (AvgIpc) is 2.45. The van der Waals surface area contributed by atoms with Gasteiger partial charge in [0.05, 0.1) is 11.2 Å². The maximum Gasteiger partial charge on any atom is 0.192 e. The molecule has 0 spiro atoms. The number of nitrogens with zero attached hydrogens (tertiary/aromatic N) is 1. The van der Waals surface area contributed by atoms with Crippen molar-refractivity contribution in [2.75, 3.05) is 5.32 Å². The van der Waals surface area contributed by atoms with Gasteiger partial charge in [0.1, 0.15) is 5.75 Å². The van der Waals surface area contributed by atoms with Crippen LogP contribution in [0.4, 0.5) is 5.69 Å². The van der Waals surface area contributed by atoms with Gasteiger partial charge in [-0.05, 0) is 98.1 Å². The van der Waals surface area contributed by atoms with Gasteiger partial charge in [-0.1, -0.05) is 18.2 Å². The first kappa shape index (κ1) is 16.5. The molecule has 0 saturated carbocycles. The van der Waals surface area contributed by atoms with Crippen LogP contribution in [0.1, 0.15) is 0 Å². The second kappa shape index (κ2) is 6.63. The second-order valence-electron chi connectivity index (χ2n) is 4.77. The van der Waals surface area contributed by atoms with E-state index in [2.05, 4.69) is 102 Å². The molecule has 0 bridgehead atoms. The van der Waals surface area contributed by atoms with Gasteiger partial charge in [-0.15, -0.1) is 0 Å². The Morgan fingerprint density at radius 1 is 0.909 bits per heavy atom. The quantitative estimate of drug-likeness (QED) is 0.215. The second-order valence-corrected chi connectivity index (χ2v) is 15.8. The Morgan fingerprint density at radius 3 is 2.27 bits per heavy atom. The van der Waals surface area contributed by atoms with Gasteiger partial charge in [0.25, 0.3) is 0 Å². The lowest BCUT2D eigenvalue weighted by Crippen LogP contribution is -2.13. The first-order valence-electron chi connectivity index (χ1n) is 6.46. The third-order valence-corrected chi connectivity index (χ3v) is 3.95. The Hall–Kier alpha value is -0.360. The molecule has 6 heteroatoms. The monoisotopic (exact) mass is 628 g/mol. The highest BCUT2D eigenvalue weighted by Crippen LogP contribution is 2.36. The summed E-state index contributed by atoms with van der Waals surface area (Å²) in [4.78, 5) is 4.63. The number of alkyl halides is 3. The maximum absolute atomic E-state index is 9.59. The van der Waals surface area contributed by atoms with Crippen LogP contribution in [0, 0.1) is 0 Å². The van der Waals surface area contributed by atoms with Crippen LogP contribution in [0.3, 0.4) is 0 Å². The number of aromatic hydroxyl groups is 1. The summed E-state index contributed by atoms with van der Waals surface area (Å²) in [6.45, 7) is 0. The number of fused-ring (bicyclic) bond motifs is 1. The molecular weight excluding hydrogens is 617 g/mol. The molecule has 0 fully saturated rings. The lowest BCUT2D eigenvalue weighted by Gasteiger charge is -2.16. The van der Waals surface area contributed by atoms with Crippen molar-refractivity contribution in [3.05, 3.63) is 54.6 Å². The van der Waals surface area contributed by atoms with Crippen molar-refractivity contribution < 1.29 is 5.11 Å². The highest BCUT2D eigenvalue weighted by atomic mass is 127. The molecule has 3 aromatic rings. The summed E-state index contributed by atoms with van der Waals surface area (Å²) in [5.74, 6) is 0.235. The zero-order valence-electron chi connectivity index (χ0n) is 11.2. The van der Waals surface area contributed by atoms with Gasteiger partial charge in [-0.25, -0.2) is 4.98 Å². The van der Waals surface area contributed by atoms with Crippen molar-refractivity contribution in [1.82, 2.24) is 4.98 Å². The first-order valence-corrected chi connectivity index (χ1v) is 9.69. The number of aromatic nitrogens is 1. The van der Waals surface area contributed by atoms with Crippen LogP contribution in [0.15, 0.2) is 54.6 Å². The van der Waals surface area contributed by atoms with Crippen LogP contribution < -0.4 is 5.32 Å². The minimum atomic E-state index is -0.0481.